The van der Waals surface area contributed by atoms with Crippen LogP contribution in [0.3, 0.4) is 0 Å². The molecule has 1 amide bonds. The number of ether oxygens (including phenoxy) is 2. The molecule has 40 heavy (non-hydrogen) atoms. The second-order valence-electron chi connectivity index (χ2n) is 13.3. The van der Waals surface area contributed by atoms with Gasteiger partial charge in [0, 0.05) is 37.1 Å². The molecule has 4 bridgehead atoms. The van der Waals surface area contributed by atoms with E-state index in [4.69, 9.17) is 9.47 Å². The summed E-state index contributed by atoms with van der Waals surface area (Å²) in [5, 5.41) is 14.4. The van der Waals surface area contributed by atoms with E-state index < -0.39 is 5.60 Å². The number of carbonyl (C=O) groups is 1. The van der Waals surface area contributed by atoms with Crippen LogP contribution < -0.4 is 10.1 Å². The molecule has 210 valence electrons. The van der Waals surface area contributed by atoms with Gasteiger partial charge in [-0.2, -0.15) is 0 Å². The Morgan fingerprint density at radius 3 is 2.80 bits per heavy atom. The van der Waals surface area contributed by atoms with Crippen LogP contribution in [0, 0.1) is 11.3 Å². The molecule has 0 radical (unpaired) electrons. The average Bonchev–Trinajstić information content (AvgIpc) is 3.71. The van der Waals surface area contributed by atoms with Gasteiger partial charge in [0.1, 0.15) is 11.7 Å². The van der Waals surface area contributed by atoms with E-state index in [2.05, 4.69) is 52.7 Å². The molecular weight excluding hydrogens is 500 g/mol. The van der Waals surface area contributed by atoms with Crippen LogP contribution in [0.25, 0.3) is 0 Å². The monoisotopic (exact) mass is 540 g/mol. The van der Waals surface area contributed by atoms with E-state index in [9.17, 15) is 9.90 Å². The molecule has 2 saturated carbocycles. The first-order valence-electron chi connectivity index (χ1n) is 15.4. The van der Waals surface area contributed by atoms with Crippen LogP contribution in [-0.4, -0.2) is 59.9 Å². The van der Waals surface area contributed by atoms with E-state index >= 15 is 0 Å². The van der Waals surface area contributed by atoms with Crippen molar-refractivity contribution in [2.75, 3.05) is 20.2 Å². The lowest BCUT2D eigenvalue weighted by atomic mass is 9.38. The number of fused-ring (bicyclic) bond motifs is 1. The minimum absolute atomic E-state index is 0.0933. The first-order valence-corrected chi connectivity index (χ1v) is 15.4. The fraction of sp³-hybridized carbons (Fsp3) is 0.559. The average molecular weight is 541 g/mol. The van der Waals surface area contributed by atoms with Crippen molar-refractivity contribution in [3.63, 3.8) is 0 Å². The Morgan fingerprint density at radius 2 is 2.00 bits per heavy atom. The van der Waals surface area contributed by atoms with Crippen molar-refractivity contribution in [2.45, 2.75) is 87.0 Å². The molecule has 2 aromatic rings. The number of hydrogen-bond acceptors (Lipinski definition) is 5. The summed E-state index contributed by atoms with van der Waals surface area (Å²) in [7, 11) is 1.76. The highest BCUT2D eigenvalue weighted by Crippen LogP contribution is 2.73. The topological polar surface area (TPSA) is 71.0 Å². The van der Waals surface area contributed by atoms with Crippen molar-refractivity contribution in [1.82, 2.24) is 10.2 Å². The maximum atomic E-state index is 13.4. The second kappa shape index (κ2) is 8.83. The van der Waals surface area contributed by atoms with Crippen molar-refractivity contribution in [3.05, 3.63) is 71.3 Å². The Bertz CT molecular complexity index is 1370. The number of amides is 1. The zero-order chi connectivity index (χ0) is 27.1. The summed E-state index contributed by atoms with van der Waals surface area (Å²) in [4.78, 5) is 16.2. The predicted octanol–water partition coefficient (Wildman–Crippen LogP) is 4.67. The number of likely N-dealkylation sites (tertiary alicyclic amines) is 1. The van der Waals surface area contributed by atoms with Crippen molar-refractivity contribution < 1.29 is 19.4 Å². The van der Waals surface area contributed by atoms with Gasteiger partial charge in [-0.25, -0.2) is 0 Å². The smallest absolute Gasteiger partial charge is 0.220 e. The summed E-state index contributed by atoms with van der Waals surface area (Å²) in [6.45, 7) is 2.21. The maximum absolute atomic E-state index is 13.4. The molecule has 3 unspecified atom stereocenters. The van der Waals surface area contributed by atoms with E-state index in [1.807, 2.05) is 12.1 Å². The number of benzene rings is 2. The quantitative estimate of drug-likeness (QED) is 0.357. The van der Waals surface area contributed by atoms with Crippen LogP contribution in [0.2, 0.25) is 0 Å². The third kappa shape index (κ3) is 3.26. The number of nitrogens with zero attached hydrogens (tertiary/aromatic N) is 1. The van der Waals surface area contributed by atoms with Crippen LogP contribution >= 0.6 is 0 Å². The first-order chi connectivity index (χ1) is 19.5. The Kier molecular flexibility index (Phi) is 5.50. The molecule has 9 rings (SSSR count). The summed E-state index contributed by atoms with van der Waals surface area (Å²) in [6.07, 6.45) is 13.2. The number of methoxy groups -OCH3 is 1. The fourth-order valence-electron chi connectivity index (χ4n) is 9.47. The number of carbonyl (C=O) groups excluding carboxylic acids is 1. The summed E-state index contributed by atoms with van der Waals surface area (Å²) in [5.74, 6) is 1.79. The minimum Gasteiger partial charge on any atom is -0.504 e. The Hall–Kier alpha value is -2.83. The molecule has 2 aliphatic heterocycles. The third-order valence-electron chi connectivity index (χ3n) is 11.4. The number of phenols is 1. The molecule has 7 aliphatic rings. The van der Waals surface area contributed by atoms with E-state index in [0.29, 0.717) is 18.2 Å². The number of aromatic hydroxyl groups is 1. The zero-order valence-electron chi connectivity index (χ0n) is 23.4. The summed E-state index contributed by atoms with van der Waals surface area (Å²) in [5.41, 5.74) is 2.67. The highest BCUT2D eigenvalue weighted by atomic mass is 16.6. The van der Waals surface area contributed by atoms with Gasteiger partial charge in [0.25, 0.3) is 0 Å². The highest BCUT2D eigenvalue weighted by molar-refractivity contribution is 5.77. The first kappa shape index (κ1) is 24.9. The molecule has 2 spiro atoms. The molecule has 3 fully saturated rings. The maximum Gasteiger partial charge on any atom is 0.220 e. The van der Waals surface area contributed by atoms with Gasteiger partial charge in [-0.3, -0.25) is 9.69 Å². The minimum atomic E-state index is -0.773. The molecule has 6 nitrogen and oxygen atoms in total. The number of phenolic OH excluding ortho intramolecular Hbond substituents is 1. The van der Waals surface area contributed by atoms with Gasteiger partial charge < -0.3 is 19.9 Å². The largest absolute Gasteiger partial charge is 0.504 e. The number of nitrogens with one attached hydrogen (secondary N) is 1. The lowest BCUT2D eigenvalue weighted by molar-refractivity contribution is -0.203. The fourth-order valence-corrected chi connectivity index (χ4v) is 9.47. The van der Waals surface area contributed by atoms with Gasteiger partial charge in [0.2, 0.25) is 5.91 Å². The van der Waals surface area contributed by atoms with Crippen molar-refractivity contribution in [2.24, 2.45) is 11.3 Å². The van der Waals surface area contributed by atoms with Gasteiger partial charge in [-0.15, -0.1) is 0 Å². The number of aryl methyl sites for hydroxylation is 1. The van der Waals surface area contributed by atoms with Crippen LogP contribution in [-0.2, 0) is 27.8 Å². The van der Waals surface area contributed by atoms with E-state index in [1.54, 1.807) is 7.11 Å². The van der Waals surface area contributed by atoms with Crippen molar-refractivity contribution in [1.29, 1.82) is 0 Å². The van der Waals surface area contributed by atoms with E-state index in [-0.39, 0.29) is 34.6 Å². The summed E-state index contributed by atoms with van der Waals surface area (Å²) >= 11 is 0. The molecule has 5 aliphatic carbocycles. The van der Waals surface area contributed by atoms with E-state index in [0.717, 1.165) is 57.5 Å². The summed E-state index contributed by atoms with van der Waals surface area (Å²) < 4.78 is 13.2. The van der Waals surface area contributed by atoms with Gasteiger partial charge >= 0.3 is 0 Å². The number of piperidine rings is 1. The van der Waals surface area contributed by atoms with Gasteiger partial charge in [-0.1, -0.05) is 48.6 Å². The van der Waals surface area contributed by atoms with Crippen molar-refractivity contribution in [3.8, 4) is 11.5 Å². The molecule has 6 atom stereocenters. The molecule has 2 aromatic carbocycles. The van der Waals surface area contributed by atoms with Crippen LogP contribution in [0.15, 0.2) is 54.6 Å². The van der Waals surface area contributed by atoms with E-state index in [1.165, 1.54) is 29.5 Å². The number of hydrogen-bond donors (Lipinski definition) is 2. The predicted molar refractivity (Wildman–Crippen MR) is 152 cm³/mol. The molecule has 2 heterocycles. The summed E-state index contributed by atoms with van der Waals surface area (Å²) in [6, 6.07) is 14.6. The van der Waals surface area contributed by atoms with Gasteiger partial charge in [0.05, 0.1) is 11.5 Å². The highest BCUT2D eigenvalue weighted by Gasteiger charge is 2.79. The van der Waals surface area contributed by atoms with Crippen molar-refractivity contribution >= 4 is 5.91 Å². The number of rotatable bonds is 9. The molecule has 1 saturated heterocycles. The van der Waals surface area contributed by atoms with Gasteiger partial charge in [-0.05, 0) is 81.0 Å². The van der Waals surface area contributed by atoms with Crippen LogP contribution in [0.1, 0.15) is 61.6 Å². The van der Waals surface area contributed by atoms with Gasteiger partial charge in [0.15, 0.2) is 11.5 Å². The lowest BCUT2D eigenvalue weighted by Crippen LogP contribution is -2.82. The Morgan fingerprint density at radius 1 is 1.15 bits per heavy atom. The van der Waals surface area contributed by atoms with Crippen LogP contribution in [0.4, 0.5) is 0 Å². The standard InChI is InChI=1S/C34H40N2O4/c1-39-34-16-15-32(20-26(34)35-28(38)10-6-5-9-22-7-3-2-4-8-22)27-19-24-13-14-25(37)30-29(24)33(32,31(34)40-30)17-18-36(27)21-23-11-12-23/h2-4,7-8,13-16,23,26-27,31,37H,5-6,9-12,17-21H2,1H3,(H,35,38)/t26?,27-,31?,32+,33-,34?/m0/s1. The molecule has 6 heteroatoms. The Labute approximate surface area is 236 Å². The molecule has 0 aromatic heterocycles. The lowest BCUT2D eigenvalue weighted by Gasteiger charge is -2.71. The number of unbranched alkanes of at least 4 members (excludes halogenated alkanes) is 1. The normalized spacial score (nSPS) is 36.3. The molecule has 2 N–H and O–H groups in total. The Balaban J connectivity index is 1.11. The second-order valence-corrected chi connectivity index (χ2v) is 13.3. The SMILES string of the molecule is COC12C=C[C@@]3(CC1NC(=O)CCCCc1ccccc1)[C@@H]1Cc4ccc(O)c5c4[C@@]3(CCN1CC1CC1)C2O5. The third-order valence-corrected chi connectivity index (χ3v) is 11.4. The zero-order valence-corrected chi connectivity index (χ0v) is 23.4. The van der Waals surface area contributed by atoms with Crippen LogP contribution in [0.5, 0.6) is 11.5 Å². The molecular formula is C34H40N2O4.